The van der Waals surface area contributed by atoms with Crippen LogP contribution in [-0.4, -0.2) is 44.4 Å². The Kier molecular flexibility index (Phi) is 4.75. The van der Waals surface area contributed by atoms with Gasteiger partial charge in [0.15, 0.2) is 0 Å². The molecule has 3 heteroatoms. The Bertz CT molecular complexity index is 390. The topological polar surface area (TPSA) is 21.7 Å². The highest BCUT2D eigenvalue weighted by Crippen LogP contribution is 2.14. The molecule has 1 atom stereocenters. The first-order chi connectivity index (χ1) is 8.69. The Balaban J connectivity index is 1.93. The molecule has 100 valence electrons. The fourth-order valence-corrected chi connectivity index (χ4v) is 2.37. The Labute approximate surface area is 110 Å². The molecule has 0 aliphatic carbocycles. The van der Waals surface area contributed by atoms with E-state index in [2.05, 4.69) is 36.9 Å². The second kappa shape index (κ2) is 6.32. The van der Waals surface area contributed by atoms with E-state index in [0.717, 1.165) is 26.2 Å². The summed E-state index contributed by atoms with van der Waals surface area (Å²) in [6.45, 7) is 8.79. The lowest BCUT2D eigenvalue weighted by molar-refractivity contribution is -0.0631. The number of hydrogen-bond donors (Lipinski definition) is 0. The van der Waals surface area contributed by atoms with Crippen molar-refractivity contribution in [2.75, 3.05) is 33.4 Å². The molecule has 1 aliphatic heterocycles. The highest BCUT2D eigenvalue weighted by molar-refractivity contribution is 5.29. The third kappa shape index (κ3) is 3.55. The molecule has 18 heavy (non-hydrogen) atoms. The van der Waals surface area contributed by atoms with Crippen LogP contribution in [0.4, 0.5) is 0 Å². The van der Waals surface area contributed by atoms with Crippen LogP contribution in [0, 0.1) is 13.8 Å². The van der Waals surface area contributed by atoms with Crippen molar-refractivity contribution in [3.05, 3.63) is 34.9 Å². The lowest BCUT2D eigenvalue weighted by atomic mass is 10.1. The minimum Gasteiger partial charge on any atom is -0.382 e. The van der Waals surface area contributed by atoms with Gasteiger partial charge in [-0.25, -0.2) is 0 Å². The largest absolute Gasteiger partial charge is 0.382 e. The van der Waals surface area contributed by atoms with Crippen LogP contribution in [0.2, 0.25) is 0 Å². The predicted molar refractivity (Wildman–Crippen MR) is 72.8 cm³/mol. The van der Waals surface area contributed by atoms with Crippen molar-refractivity contribution in [2.45, 2.75) is 26.5 Å². The lowest BCUT2D eigenvalue weighted by Crippen LogP contribution is -2.43. The Hall–Kier alpha value is -0.900. The highest BCUT2D eigenvalue weighted by atomic mass is 16.5. The number of rotatable bonds is 4. The molecule has 2 rings (SSSR count). The first-order valence-corrected chi connectivity index (χ1v) is 6.58. The average molecular weight is 249 g/mol. The van der Waals surface area contributed by atoms with E-state index in [-0.39, 0.29) is 6.10 Å². The average Bonchev–Trinajstić information content (AvgIpc) is 2.35. The highest BCUT2D eigenvalue weighted by Gasteiger charge is 2.20. The zero-order valence-corrected chi connectivity index (χ0v) is 11.6. The quantitative estimate of drug-likeness (QED) is 0.816. The van der Waals surface area contributed by atoms with Gasteiger partial charge in [0, 0.05) is 26.7 Å². The number of benzene rings is 1. The van der Waals surface area contributed by atoms with Crippen molar-refractivity contribution in [3.8, 4) is 0 Å². The summed E-state index contributed by atoms with van der Waals surface area (Å²) in [7, 11) is 1.73. The Morgan fingerprint density at radius 2 is 2.17 bits per heavy atom. The van der Waals surface area contributed by atoms with Crippen molar-refractivity contribution in [1.82, 2.24) is 4.90 Å². The summed E-state index contributed by atoms with van der Waals surface area (Å²) in [6.07, 6.45) is 0.218. The van der Waals surface area contributed by atoms with Crippen LogP contribution in [0.1, 0.15) is 16.7 Å². The summed E-state index contributed by atoms with van der Waals surface area (Å²) in [5.74, 6) is 0. The van der Waals surface area contributed by atoms with Gasteiger partial charge in [0.1, 0.15) is 0 Å². The summed E-state index contributed by atoms with van der Waals surface area (Å²) in [6, 6.07) is 6.72. The SMILES string of the molecule is COC[C@H]1CN(Cc2ccc(C)c(C)c2)CCO1. The number of aryl methyl sites for hydroxylation is 2. The van der Waals surface area contributed by atoms with Gasteiger partial charge in [0.25, 0.3) is 0 Å². The van der Waals surface area contributed by atoms with Gasteiger partial charge in [-0.15, -0.1) is 0 Å². The van der Waals surface area contributed by atoms with Crippen molar-refractivity contribution in [1.29, 1.82) is 0 Å². The molecular weight excluding hydrogens is 226 g/mol. The molecule has 1 aliphatic rings. The number of hydrogen-bond acceptors (Lipinski definition) is 3. The molecule has 0 radical (unpaired) electrons. The van der Waals surface area contributed by atoms with Gasteiger partial charge in [-0.3, -0.25) is 4.90 Å². The van der Waals surface area contributed by atoms with E-state index in [4.69, 9.17) is 9.47 Å². The Morgan fingerprint density at radius 3 is 2.89 bits per heavy atom. The van der Waals surface area contributed by atoms with E-state index >= 15 is 0 Å². The molecule has 0 saturated carbocycles. The maximum atomic E-state index is 5.66. The van der Waals surface area contributed by atoms with E-state index in [9.17, 15) is 0 Å². The monoisotopic (exact) mass is 249 g/mol. The van der Waals surface area contributed by atoms with E-state index in [1.54, 1.807) is 7.11 Å². The van der Waals surface area contributed by atoms with Gasteiger partial charge in [-0.2, -0.15) is 0 Å². The van der Waals surface area contributed by atoms with Crippen LogP contribution in [0.15, 0.2) is 18.2 Å². The van der Waals surface area contributed by atoms with E-state index in [0.29, 0.717) is 6.61 Å². The molecule has 1 aromatic carbocycles. The molecule has 1 heterocycles. The first kappa shape index (κ1) is 13.5. The van der Waals surface area contributed by atoms with Gasteiger partial charge >= 0.3 is 0 Å². The predicted octanol–water partition coefficient (Wildman–Crippen LogP) is 2.15. The fourth-order valence-electron chi connectivity index (χ4n) is 2.37. The molecule has 0 spiro atoms. The maximum absolute atomic E-state index is 5.66. The van der Waals surface area contributed by atoms with Crippen LogP contribution >= 0.6 is 0 Å². The molecule has 1 aromatic rings. The van der Waals surface area contributed by atoms with Crippen molar-refractivity contribution < 1.29 is 9.47 Å². The smallest absolute Gasteiger partial charge is 0.0935 e. The van der Waals surface area contributed by atoms with Crippen LogP contribution in [0.5, 0.6) is 0 Å². The fraction of sp³-hybridized carbons (Fsp3) is 0.600. The van der Waals surface area contributed by atoms with Gasteiger partial charge in [-0.1, -0.05) is 18.2 Å². The van der Waals surface area contributed by atoms with Gasteiger partial charge in [0.2, 0.25) is 0 Å². The van der Waals surface area contributed by atoms with Crippen LogP contribution in [0.3, 0.4) is 0 Å². The molecule has 0 amide bonds. The van der Waals surface area contributed by atoms with E-state index < -0.39 is 0 Å². The summed E-state index contributed by atoms with van der Waals surface area (Å²) < 4.78 is 10.8. The minimum absolute atomic E-state index is 0.218. The Morgan fingerprint density at radius 1 is 1.33 bits per heavy atom. The van der Waals surface area contributed by atoms with Gasteiger partial charge in [-0.05, 0) is 30.5 Å². The lowest BCUT2D eigenvalue weighted by Gasteiger charge is -2.32. The molecule has 3 nitrogen and oxygen atoms in total. The van der Waals surface area contributed by atoms with Crippen LogP contribution in [0.25, 0.3) is 0 Å². The maximum Gasteiger partial charge on any atom is 0.0935 e. The number of methoxy groups -OCH3 is 1. The normalized spacial score (nSPS) is 21.2. The molecule has 0 aromatic heterocycles. The van der Waals surface area contributed by atoms with E-state index in [1.165, 1.54) is 16.7 Å². The summed E-state index contributed by atoms with van der Waals surface area (Å²) in [5, 5.41) is 0. The van der Waals surface area contributed by atoms with Gasteiger partial charge in [0.05, 0.1) is 19.3 Å². The zero-order chi connectivity index (χ0) is 13.0. The summed E-state index contributed by atoms with van der Waals surface area (Å²) in [4.78, 5) is 2.44. The van der Waals surface area contributed by atoms with Crippen molar-refractivity contribution in [3.63, 3.8) is 0 Å². The number of nitrogens with zero attached hydrogens (tertiary/aromatic N) is 1. The second-order valence-electron chi connectivity index (χ2n) is 5.10. The van der Waals surface area contributed by atoms with Crippen molar-refractivity contribution in [2.24, 2.45) is 0 Å². The first-order valence-electron chi connectivity index (χ1n) is 6.58. The van der Waals surface area contributed by atoms with Gasteiger partial charge < -0.3 is 9.47 Å². The molecule has 0 unspecified atom stereocenters. The third-order valence-electron chi connectivity index (χ3n) is 3.55. The minimum atomic E-state index is 0.218. The second-order valence-corrected chi connectivity index (χ2v) is 5.10. The molecule has 1 saturated heterocycles. The molecule has 0 N–H and O–H groups in total. The number of morpholine rings is 1. The number of ether oxygens (including phenoxy) is 2. The summed E-state index contributed by atoms with van der Waals surface area (Å²) in [5.41, 5.74) is 4.11. The van der Waals surface area contributed by atoms with Crippen LogP contribution < -0.4 is 0 Å². The third-order valence-corrected chi connectivity index (χ3v) is 3.55. The molecule has 0 bridgehead atoms. The zero-order valence-electron chi connectivity index (χ0n) is 11.6. The standard InChI is InChI=1S/C15H23NO2/c1-12-4-5-14(8-13(12)2)9-16-6-7-18-15(10-16)11-17-3/h4-5,8,15H,6-7,9-11H2,1-3H3/t15-/m1/s1. The molecular formula is C15H23NO2. The van der Waals surface area contributed by atoms with Crippen molar-refractivity contribution >= 4 is 0 Å². The summed E-state index contributed by atoms with van der Waals surface area (Å²) >= 11 is 0. The van der Waals surface area contributed by atoms with Crippen LogP contribution in [-0.2, 0) is 16.0 Å². The molecule has 1 fully saturated rings. The van der Waals surface area contributed by atoms with E-state index in [1.807, 2.05) is 0 Å².